The molecule has 150 valence electrons. The molecule has 3 aromatic rings. The summed E-state index contributed by atoms with van der Waals surface area (Å²) in [5, 5.41) is 1.80. The SMILES string of the molecule is O=P(Cc1ccc(OCCN2CCCC2)cc1)(c1ccccc1)c1ccccc1. The van der Waals surface area contributed by atoms with Crippen molar-refractivity contribution in [3.63, 3.8) is 0 Å². The van der Waals surface area contributed by atoms with Crippen molar-refractivity contribution in [3.8, 4) is 5.75 Å². The van der Waals surface area contributed by atoms with Crippen molar-refractivity contribution in [2.75, 3.05) is 26.2 Å². The van der Waals surface area contributed by atoms with Gasteiger partial charge < -0.3 is 9.30 Å². The third-order valence-electron chi connectivity index (χ3n) is 5.55. The fraction of sp³-hybridized carbons (Fsp3) is 0.280. The molecule has 3 aromatic carbocycles. The van der Waals surface area contributed by atoms with E-state index in [9.17, 15) is 4.57 Å². The molecule has 4 heteroatoms. The van der Waals surface area contributed by atoms with Gasteiger partial charge in [0, 0.05) is 23.3 Å². The van der Waals surface area contributed by atoms with Crippen LogP contribution in [0.3, 0.4) is 0 Å². The predicted molar refractivity (Wildman–Crippen MR) is 121 cm³/mol. The maximum Gasteiger partial charge on any atom is 0.147 e. The zero-order valence-corrected chi connectivity index (χ0v) is 17.6. The molecule has 1 aliphatic heterocycles. The molecule has 0 aliphatic carbocycles. The fourth-order valence-corrected chi connectivity index (χ4v) is 6.61. The summed E-state index contributed by atoms with van der Waals surface area (Å²) in [6.45, 7) is 4.08. The average Bonchev–Trinajstić information content (AvgIpc) is 3.30. The third kappa shape index (κ3) is 4.98. The van der Waals surface area contributed by atoms with Gasteiger partial charge in [-0.1, -0.05) is 72.8 Å². The van der Waals surface area contributed by atoms with Crippen LogP contribution < -0.4 is 15.3 Å². The molecule has 0 saturated carbocycles. The smallest absolute Gasteiger partial charge is 0.147 e. The van der Waals surface area contributed by atoms with Crippen LogP contribution in [0.1, 0.15) is 18.4 Å². The van der Waals surface area contributed by atoms with Crippen LogP contribution in [0.5, 0.6) is 5.75 Å². The second kappa shape index (κ2) is 9.43. The van der Waals surface area contributed by atoms with Gasteiger partial charge in [0.25, 0.3) is 0 Å². The van der Waals surface area contributed by atoms with Gasteiger partial charge >= 0.3 is 0 Å². The minimum absolute atomic E-state index is 0.509. The van der Waals surface area contributed by atoms with Crippen molar-refractivity contribution in [3.05, 3.63) is 90.5 Å². The summed E-state index contributed by atoms with van der Waals surface area (Å²) < 4.78 is 20.1. The Morgan fingerprint density at radius 1 is 0.759 bits per heavy atom. The molecule has 0 unspecified atom stereocenters. The lowest BCUT2D eigenvalue weighted by atomic mass is 10.2. The van der Waals surface area contributed by atoms with Crippen molar-refractivity contribution in [1.82, 2.24) is 4.90 Å². The van der Waals surface area contributed by atoms with Gasteiger partial charge in [0.15, 0.2) is 0 Å². The van der Waals surface area contributed by atoms with Crippen LogP contribution in [-0.2, 0) is 10.7 Å². The lowest BCUT2D eigenvalue weighted by molar-refractivity contribution is 0.238. The molecule has 4 rings (SSSR count). The number of hydrogen-bond donors (Lipinski definition) is 0. The van der Waals surface area contributed by atoms with Gasteiger partial charge in [-0.3, -0.25) is 4.90 Å². The Hall–Kier alpha value is -2.35. The zero-order chi connectivity index (χ0) is 19.9. The van der Waals surface area contributed by atoms with Crippen molar-refractivity contribution >= 4 is 17.8 Å². The van der Waals surface area contributed by atoms with E-state index in [0.717, 1.165) is 28.5 Å². The minimum Gasteiger partial charge on any atom is -0.492 e. The summed E-state index contributed by atoms with van der Waals surface area (Å²) in [5.41, 5.74) is 1.06. The van der Waals surface area contributed by atoms with Gasteiger partial charge in [0.05, 0.1) is 0 Å². The summed E-state index contributed by atoms with van der Waals surface area (Å²) in [6.07, 6.45) is 3.12. The van der Waals surface area contributed by atoms with E-state index in [-0.39, 0.29) is 0 Å². The Morgan fingerprint density at radius 3 is 1.86 bits per heavy atom. The molecule has 0 aromatic heterocycles. The van der Waals surface area contributed by atoms with Crippen LogP contribution in [0, 0.1) is 0 Å². The molecular formula is C25H28NO2P. The second-order valence-electron chi connectivity index (χ2n) is 7.61. The molecule has 0 radical (unpaired) electrons. The first-order valence-corrected chi connectivity index (χ1v) is 12.3. The molecule has 0 bridgehead atoms. The van der Waals surface area contributed by atoms with Crippen LogP contribution in [0.2, 0.25) is 0 Å². The van der Waals surface area contributed by atoms with Crippen LogP contribution in [0.4, 0.5) is 0 Å². The van der Waals surface area contributed by atoms with Gasteiger partial charge in [0.2, 0.25) is 0 Å². The molecule has 0 amide bonds. The molecular weight excluding hydrogens is 377 g/mol. The fourth-order valence-electron chi connectivity index (χ4n) is 3.92. The predicted octanol–water partition coefficient (Wildman–Crippen LogP) is 4.68. The topological polar surface area (TPSA) is 29.5 Å². The molecule has 0 atom stereocenters. The summed E-state index contributed by atoms with van der Waals surface area (Å²) >= 11 is 0. The standard InChI is InChI=1S/C25H28NO2P/c27-29(24-9-3-1-4-10-24,25-11-5-2-6-12-25)21-22-13-15-23(16-14-22)28-20-19-26-17-7-8-18-26/h1-6,9-16H,7-8,17-21H2. The molecule has 1 saturated heterocycles. The van der Waals surface area contributed by atoms with Gasteiger partial charge in [0.1, 0.15) is 19.5 Å². The molecule has 1 heterocycles. The van der Waals surface area contributed by atoms with E-state index in [1.165, 1.54) is 25.9 Å². The summed E-state index contributed by atoms with van der Waals surface area (Å²) in [5.74, 6) is 0.877. The Morgan fingerprint density at radius 2 is 1.31 bits per heavy atom. The largest absolute Gasteiger partial charge is 0.492 e. The highest BCUT2D eigenvalue weighted by Crippen LogP contribution is 2.46. The molecule has 1 aliphatic rings. The maximum atomic E-state index is 14.2. The van der Waals surface area contributed by atoms with Crippen molar-refractivity contribution in [2.24, 2.45) is 0 Å². The number of nitrogens with zero attached hydrogens (tertiary/aromatic N) is 1. The first kappa shape index (κ1) is 19.9. The number of likely N-dealkylation sites (tertiary alicyclic amines) is 1. The normalized spacial score (nSPS) is 14.8. The quantitative estimate of drug-likeness (QED) is 0.510. The first-order chi connectivity index (χ1) is 14.2. The summed E-state index contributed by atoms with van der Waals surface area (Å²) in [7, 11) is -2.74. The molecule has 0 N–H and O–H groups in total. The Kier molecular flexibility index (Phi) is 6.49. The van der Waals surface area contributed by atoms with Gasteiger partial charge in [-0.05, 0) is 43.6 Å². The van der Waals surface area contributed by atoms with Gasteiger partial charge in [-0.25, -0.2) is 0 Å². The Bertz CT molecular complexity index is 892. The highest BCUT2D eigenvalue weighted by molar-refractivity contribution is 7.78. The average molecular weight is 405 g/mol. The van der Waals surface area contributed by atoms with Crippen molar-refractivity contribution in [2.45, 2.75) is 19.0 Å². The van der Waals surface area contributed by atoms with Crippen LogP contribution in [0.15, 0.2) is 84.9 Å². The van der Waals surface area contributed by atoms with E-state index >= 15 is 0 Å². The molecule has 3 nitrogen and oxygen atoms in total. The molecule has 0 spiro atoms. The second-order valence-corrected chi connectivity index (χ2v) is 10.4. The van der Waals surface area contributed by atoms with Gasteiger partial charge in [-0.15, -0.1) is 0 Å². The van der Waals surface area contributed by atoms with Crippen LogP contribution >= 0.6 is 7.14 Å². The number of hydrogen-bond acceptors (Lipinski definition) is 3. The number of rotatable bonds is 8. The minimum atomic E-state index is -2.74. The first-order valence-electron chi connectivity index (χ1n) is 10.4. The van der Waals surface area contributed by atoms with E-state index in [2.05, 4.69) is 4.90 Å². The van der Waals surface area contributed by atoms with E-state index < -0.39 is 7.14 Å². The zero-order valence-electron chi connectivity index (χ0n) is 16.7. The summed E-state index contributed by atoms with van der Waals surface area (Å²) in [6, 6.07) is 27.8. The molecule has 1 fully saturated rings. The number of ether oxygens (including phenoxy) is 1. The highest BCUT2D eigenvalue weighted by atomic mass is 31.2. The Labute approximate surface area is 173 Å². The van der Waals surface area contributed by atoms with Gasteiger partial charge in [-0.2, -0.15) is 0 Å². The highest BCUT2D eigenvalue weighted by Gasteiger charge is 2.27. The third-order valence-corrected chi connectivity index (χ3v) is 8.63. The van der Waals surface area contributed by atoms with Crippen molar-refractivity contribution < 1.29 is 9.30 Å². The number of benzene rings is 3. The van der Waals surface area contributed by atoms with Crippen LogP contribution in [-0.4, -0.2) is 31.1 Å². The molecule has 29 heavy (non-hydrogen) atoms. The van der Waals surface area contributed by atoms with E-state index in [0.29, 0.717) is 12.8 Å². The van der Waals surface area contributed by atoms with Crippen LogP contribution in [0.25, 0.3) is 0 Å². The summed E-state index contributed by atoms with van der Waals surface area (Å²) in [4.78, 5) is 2.45. The lowest BCUT2D eigenvalue weighted by Gasteiger charge is -2.20. The van der Waals surface area contributed by atoms with E-state index in [1.807, 2.05) is 84.9 Å². The lowest BCUT2D eigenvalue weighted by Crippen LogP contribution is -2.25. The van der Waals surface area contributed by atoms with E-state index in [1.54, 1.807) is 0 Å². The maximum absolute atomic E-state index is 14.2. The monoisotopic (exact) mass is 405 g/mol. The van der Waals surface area contributed by atoms with Crippen molar-refractivity contribution in [1.29, 1.82) is 0 Å². The Balaban J connectivity index is 1.47. The van der Waals surface area contributed by atoms with E-state index in [4.69, 9.17) is 4.74 Å².